The standard InChI is InChI=1S/C26H41N5O2/c1-21-14-22(2)17-31(16-21)26(33)20-29-12-10-28(11-13-29)19-25(32)27-15-23-8-9-30(18-23)24-6-4-3-5-7-24/h3-7,21-23H,8-20H2,1-2H3,(H,27,32). The van der Waals surface area contributed by atoms with Crippen molar-refractivity contribution >= 4 is 17.5 Å². The number of amides is 2. The summed E-state index contributed by atoms with van der Waals surface area (Å²) in [4.78, 5) is 34.2. The lowest BCUT2D eigenvalue weighted by atomic mass is 9.92. The van der Waals surface area contributed by atoms with E-state index in [1.807, 2.05) is 6.07 Å². The molecule has 0 spiro atoms. The van der Waals surface area contributed by atoms with Crippen LogP contribution in [0.15, 0.2) is 30.3 Å². The van der Waals surface area contributed by atoms with Crippen molar-refractivity contribution in [2.24, 2.45) is 17.8 Å². The molecular formula is C26H41N5O2. The fourth-order valence-corrected chi connectivity index (χ4v) is 5.65. The molecule has 1 aromatic rings. The third-order valence-corrected chi connectivity index (χ3v) is 7.41. The average Bonchev–Trinajstić information content (AvgIpc) is 3.28. The molecule has 3 saturated heterocycles. The summed E-state index contributed by atoms with van der Waals surface area (Å²) in [6.45, 7) is 13.5. The molecule has 33 heavy (non-hydrogen) atoms. The number of para-hydroxylation sites is 1. The van der Waals surface area contributed by atoms with Gasteiger partial charge >= 0.3 is 0 Å². The van der Waals surface area contributed by atoms with Gasteiger partial charge in [-0.2, -0.15) is 0 Å². The van der Waals surface area contributed by atoms with E-state index < -0.39 is 0 Å². The molecule has 7 nitrogen and oxygen atoms in total. The molecule has 3 aliphatic rings. The summed E-state index contributed by atoms with van der Waals surface area (Å²) in [5.41, 5.74) is 1.27. The molecule has 3 heterocycles. The number of carbonyl (C=O) groups excluding carboxylic acids is 2. The van der Waals surface area contributed by atoms with Gasteiger partial charge in [-0.25, -0.2) is 0 Å². The van der Waals surface area contributed by atoms with E-state index >= 15 is 0 Å². The van der Waals surface area contributed by atoms with E-state index in [0.29, 0.717) is 30.8 Å². The molecule has 1 aromatic carbocycles. The zero-order valence-corrected chi connectivity index (χ0v) is 20.4. The second-order valence-corrected chi connectivity index (χ2v) is 10.5. The van der Waals surface area contributed by atoms with E-state index in [-0.39, 0.29) is 11.8 Å². The van der Waals surface area contributed by atoms with Crippen molar-refractivity contribution in [1.29, 1.82) is 0 Å². The van der Waals surface area contributed by atoms with E-state index in [0.717, 1.165) is 65.3 Å². The second kappa shape index (κ2) is 11.3. The van der Waals surface area contributed by atoms with Crippen LogP contribution in [0, 0.1) is 17.8 Å². The van der Waals surface area contributed by atoms with Gasteiger partial charge in [-0.15, -0.1) is 0 Å². The number of hydrogen-bond acceptors (Lipinski definition) is 5. The normalized spacial score (nSPS) is 27.0. The highest BCUT2D eigenvalue weighted by atomic mass is 16.2. The molecule has 1 N–H and O–H groups in total. The summed E-state index contributed by atoms with van der Waals surface area (Å²) in [6.07, 6.45) is 2.34. The summed E-state index contributed by atoms with van der Waals surface area (Å²) in [5, 5.41) is 3.16. The van der Waals surface area contributed by atoms with Gasteiger partial charge in [-0.3, -0.25) is 19.4 Å². The lowest BCUT2D eigenvalue weighted by Crippen LogP contribution is -2.53. The number of anilines is 1. The minimum absolute atomic E-state index is 0.119. The van der Waals surface area contributed by atoms with Crippen LogP contribution in [-0.4, -0.2) is 98.5 Å². The number of piperazine rings is 1. The molecule has 3 atom stereocenters. The Hall–Kier alpha value is -2.12. The molecule has 0 radical (unpaired) electrons. The van der Waals surface area contributed by atoms with E-state index in [1.165, 1.54) is 12.1 Å². The van der Waals surface area contributed by atoms with Gasteiger partial charge < -0.3 is 15.1 Å². The molecular weight excluding hydrogens is 414 g/mol. The second-order valence-electron chi connectivity index (χ2n) is 10.5. The molecule has 0 bridgehead atoms. The summed E-state index contributed by atoms with van der Waals surface area (Å²) in [7, 11) is 0. The Morgan fingerprint density at radius 3 is 2.18 bits per heavy atom. The maximum Gasteiger partial charge on any atom is 0.236 e. The number of rotatable bonds is 7. The third kappa shape index (κ3) is 6.93. The van der Waals surface area contributed by atoms with E-state index in [9.17, 15) is 9.59 Å². The first-order chi connectivity index (χ1) is 16.0. The first-order valence-electron chi connectivity index (χ1n) is 12.8. The molecule has 182 valence electrons. The van der Waals surface area contributed by atoms with Gasteiger partial charge in [0.15, 0.2) is 0 Å². The summed E-state index contributed by atoms with van der Waals surface area (Å²) < 4.78 is 0. The van der Waals surface area contributed by atoms with Gasteiger partial charge in [0.2, 0.25) is 11.8 Å². The van der Waals surface area contributed by atoms with Crippen LogP contribution in [0.25, 0.3) is 0 Å². The van der Waals surface area contributed by atoms with Gasteiger partial charge in [0, 0.05) is 64.6 Å². The van der Waals surface area contributed by atoms with Gasteiger partial charge in [-0.05, 0) is 42.7 Å². The topological polar surface area (TPSA) is 59.1 Å². The van der Waals surface area contributed by atoms with Crippen molar-refractivity contribution in [2.45, 2.75) is 26.7 Å². The molecule has 3 unspecified atom stereocenters. The van der Waals surface area contributed by atoms with Gasteiger partial charge in [-0.1, -0.05) is 32.0 Å². The van der Waals surface area contributed by atoms with E-state index in [2.05, 4.69) is 63.0 Å². The molecule has 4 rings (SSSR count). The van der Waals surface area contributed by atoms with Crippen LogP contribution in [0.2, 0.25) is 0 Å². The highest BCUT2D eigenvalue weighted by molar-refractivity contribution is 5.79. The van der Waals surface area contributed by atoms with E-state index in [4.69, 9.17) is 0 Å². The van der Waals surface area contributed by atoms with Gasteiger partial charge in [0.25, 0.3) is 0 Å². The maximum atomic E-state index is 12.7. The largest absolute Gasteiger partial charge is 0.371 e. The smallest absolute Gasteiger partial charge is 0.236 e. The quantitative estimate of drug-likeness (QED) is 0.679. The van der Waals surface area contributed by atoms with Crippen molar-refractivity contribution in [3.8, 4) is 0 Å². The Bertz CT molecular complexity index is 770. The zero-order chi connectivity index (χ0) is 23.2. The summed E-state index contributed by atoms with van der Waals surface area (Å²) in [5.74, 6) is 2.09. The molecule has 0 saturated carbocycles. The first kappa shape index (κ1) is 24.0. The van der Waals surface area contributed by atoms with Crippen LogP contribution in [0.1, 0.15) is 26.7 Å². The van der Waals surface area contributed by atoms with Crippen molar-refractivity contribution in [3.05, 3.63) is 30.3 Å². The van der Waals surface area contributed by atoms with Gasteiger partial charge in [0.05, 0.1) is 13.1 Å². The van der Waals surface area contributed by atoms with Gasteiger partial charge in [0.1, 0.15) is 0 Å². The SMILES string of the molecule is CC1CC(C)CN(C(=O)CN2CCN(CC(=O)NCC3CCN(c4ccccc4)C3)CC2)C1. The number of hydrogen-bond donors (Lipinski definition) is 1. The lowest BCUT2D eigenvalue weighted by Gasteiger charge is -2.38. The molecule has 7 heteroatoms. The molecule has 0 aromatic heterocycles. The predicted octanol–water partition coefficient (Wildman–Crippen LogP) is 1.75. The van der Waals surface area contributed by atoms with Crippen LogP contribution < -0.4 is 10.2 Å². The predicted molar refractivity (Wildman–Crippen MR) is 132 cm³/mol. The third-order valence-electron chi connectivity index (χ3n) is 7.41. The average molecular weight is 456 g/mol. The molecule has 2 amide bonds. The summed E-state index contributed by atoms with van der Waals surface area (Å²) in [6, 6.07) is 10.5. The number of nitrogens with one attached hydrogen (secondary N) is 1. The highest BCUT2D eigenvalue weighted by Gasteiger charge is 2.28. The number of carbonyl (C=O) groups is 2. The number of piperidine rings is 1. The maximum absolute atomic E-state index is 12.7. The highest BCUT2D eigenvalue weighted by Crippen LogP contribution is 2.23. The Morgan fingerprint density at radius 1 is 0.879 bits per heavy atom. The first-order valence-corrected chi connectivity index (χ1v) is 12.8. The fraction of sp³-hybridized carbons (Fsp3) is 0.692. The minimum atomic E-state index is 0.119. The van der Waals surface area contributed by atoms with Crippen LogP contribution in [0.5, 0.6) is 0 Å². The van der Waals surface area contributed by atoms with Crippen LogP contribution >= 0.6 is 0 Å². The molecule has 3 aliphatic heterocycles. The zero-order valence-electron chi connectivity index (χ0n) is 20.4. The van der Waals surface area contributed by atoms with Crippen molar-refractivity contribution in [3.63, 3.8) is 0 Å². The van der Waals surface area contributed by atoms with E-state index in [1.54, 1.807) is 0 Å². The van der Waals surface area contributed by atoms with Crippen molar-refractivity contribution < 1.29 is 9.59 Å². The Kier molecular flexibility index (Phi) is 8.25. The van der Waals surface area contributed by atoms with Crippen LogP contribution in [-0.2, 0) is 9.59 Å². The number of likely N-dealkylation sites (tertiary alicyclic amines) is 1. The number of benzene rings is 1. The minimum Gasteiger partial charge on any atom is -0.371 e. The Balaban J connectivity index is 1.11. The van der Waals surface area contributed by atoms with Crippen LogP contribution in [0.4, 0.5) is 5.69 Å². The Morgan fingerprint density at radius 2 is 1.52 bits per heavy atom. The monoisotopic (exact) mass is 455 g/mol. The lowest BCUT2D eigenvalue weighted by molar-refractivity contribution is -0.135. The van der Waals surface area contributed by atoms with Crippen molar-refractivity contribution in [1.82, 2.24) is 20.0 Å². The molecule has 0 aliphatic carbocycles. The fourth-order valence-electron chi connectivity index (χ4n) is 5.65. The Labute approximate surface area is 199 Å². The van der Waals surface area contributed by atoms with Crippen molar-refractivity contribution in [2.75, 3.05) is 76.9 Å². The van der Waals surface area contributed by atoms with Crippen LogP contribution in [0.3, 0.4) is 0 Å². The summed E-state index contributed by atoms with van der Waals surface area (Å²) >= 11 is 0. The number of nitrogens with zero attached hydrogens (tertiary/aromatic N) is 4. The molecule has 3 fully saturated rings.